The SMILES string of the molecule is CN/C=C1/C=C(C(C)C)C=C(C)C1=N. The van der Waals surface area contributed by atoms with Crippen molar-refractivity contribution < 1.29 is 0 Å². The molecular formula is C12H18N2. The van der Waals surface area contributed by atoms with Gasteiger partial charge in [-0.2, -0.15) is 0 Å². The van der Waals surface area contributed by atoms with E-state index >= 15 is 0 Å². The van der Waals surface area contributed by atoms with Crippen molar-refractivity contribution in [2.45, 2.75) is 20.8 Å². The summed E-state index contributed by atoms with van der Waals surface area (Å²) in [5.74, 6) is 0.512. The number of allylic oxidation sites excluding steroid dienone is 5. The predicted molar refractivity (Wildman–Crippen MR) is 61.5 cm³/mol. The van der Waals surface area contributed by atoms with Gasteiger partial charge in [0, 0.05) is 18.8 Å². The standard InChI is InChI=1S/C12H18N2/c1-8(2)10-5-9(3)12(13)11(6-10)7-14-4/h5-8,13-14H,1-4H3/b11-7-,13-12?. The van der Waals surface area contributed by atoms with Crippen LogP contribution in [-0.4, -0.2) is 12.8 Å². The Morgan fingerprint density at radius 3 is 2.50 bits per heavy atom. The van der Waals surface area contributed by atoms with E-state index in [4.69, 9.17) is 5.41 Å². The van der Waals surface area contributed by atoms with Gasteiger partial charge in [-0.25, -0.2) is 0 Å². The summed E-state index contributed by atoms with van der Waals surface area (Å²) in [6.45, 7) is 6.32. The van der Waals surface area contributed by atoms with Crippen LogP contribution in [0.15, 0.2) is 35.1 Å². The highest BCUT2D eigenvalue weighted by atomic mass is 14.8. The van der Waals surface area contributed by atoms with Gasteiger partial charge in [-0.3, -0.25) is 5.41 Å². The molecule has 1 aliphatic carbocycles. The highest BCUT2D eigenvalue weighted by Gasteiger charge is 2.13. The molecule has 0 unspecified atom stereocenters. The number of hydrogen-bond acceptors (Lipinski definition) is 2. The van der Waals surface area contributed by atoms with Crippen molar-refractivity contribution in [3.8, 4) is 0 Å². The van der Waals surface area contributed by atoms with Gasteiger partial charge in [-0.15, -0.1) is 0 Å². The van der Waals surface area contributed by atoms with E-state index in [9.17, 15) is 0 Å². The zero-order valence-electron chi connectivity index (χ0n) is 9.31. The van der Waals surface area contributed by atoms with Gasteiger partial charge in [-0.05, 0) is 30.1 Å². The second-order valence-electron chi connectivity index (χ2n) is 3.89. The summed E-state index contributed by atoms with van der Waals surface area (Å²) in [4.78, 5) is 0. The molecule has 0 bridgehead atoms. The Morgan fingerprint density at radius 1 is 1.36 bits per heavy atom. The Bertz CT molecular complexity index is 330. The van der Waals surface area contributed by atoms with Crippen molar-refractivity contribution >= 4 is 5.71 Å². The lowest BCUT2D eigenvalue weighted by molar-refractivity contribution is 0.788. The molecular weight excluding hydrogens is 172 g/mol. The monoisotopic (exact) mass is 190 g/mol. The summed E-state index contributed by atoms with van der Waals surface area (Å²) < 4.78 is 0. The van der Waals surface area contributed by atoms with Crippen LogP contribution in [0.2, 0.25) is 0 Å². The molecule has 2 nitrogen and oxygen atoms in total. The van der Waals surface area contributed by atoms with Gasteiger partial charge in [0.15, 0.2) is 0 Å². The highest BCUT2D eigenvalue weighted by molar-refractivity contribution is 6.13. The van der Waals surface area contributed by atoms with Gasteiger partial charge in [-0.1, -0.05) is 19.9 Å². The molecule has 0 aromatic heterocycles. The van der Waals surface area contributed by atoms with Crippen molar-refractivity contribution in [1.82, 2.24) is 5.32 Å². The molecule has 0 saturated heterocycles. The van der Waals surface area contributed by atoms with Gasteiger partial charge in [0.05, 0.1) is 5.71 Å². The van der Waals surface area contributed by atoms with Crippen LogP contribution in [0.3, 0.4) is 0 Å². The molecule has 0 aliphatic heterocycles. The van der Waals surface area contributed by atoms with Gasteiger partial charge in [0.2, 0.25) is 0 Å². The molecule has 0 aromatic carbocycles. The zero-order chi connectivity index (χ0) is 10.7. The van der Waals surface area contributed by atoms with Gasteiger partial charge in [0.25, 0.3) is 0 Å². The summed E-state index contributed by atoms with van der Waals surface area (Å²) in [5, 5.41) is 10.8. The molecule has 2 heteroatoms. The van der Waals surface area contributed by atoms with E-state index in [2.05, 4.69) is 31.3 Å². The molecule has 0 amide bonds. The third-order valence-electron chi connectivity index (χ3n) is 2.35. The fourth-order valence-corrected chi connectivity index (χ4v) is 1.45. The van der Waals surface area contributed by atoms with Gasteiger partial charge >= 0.3 is 0 Å². The van der Waals surface area contributed by atoms with E-state index in [0.29, 0.717) is 11.6 Å². The molecule has 2 N–H and O–H groups in total. The first-order valence-corrected chi connectivity index (χ1v) is 4.93. The summed E-state index contributed by atoms with van der Waals surface area (Å²) >= 11 is 0. The second-order valence-corrected chi connectivity index (χ2v) is 3.89. The number of hydrogen-bond donors (Lipinski definition) is 2. The Kier molecular flexibility index (Phi) is 3.28. The predicted octanol–water partition coefficient (Wildman–Crippen LogP) is 2.65. The van der Waals surface area contributed by atoms with Crippen molar-refractivity contribution in [2.75, 3.05) is 7.05 Å². The smallest absolute Gasteiger partial charge is 0.0656 e. The third-order valence-corrected chi connectivity index (χ3v) is 2.35. The fraction of sp³-hybridized carbons (Fsp3) is 0.417. The maximum absolute atomic E-state index is 7.87. The minimum absolute atomic E-state index is 0.512. The fourth-order valence-electron chi connectivity index (χ4n) is 1.45. The van der Waals surface area contributed by atoms with Crippen molar-refractivity contribution in [3.63, 3.8) is 0 Å². The van der Waals surface area contributed by atoms with Crippen LogP contribution in [0.4, 0.5) is 0 Å². The van der Waals surface area contributed by atoms with Crippen LogP contribution in [0, 0.1) is 11.3 Å². The van der Waals surface area contributed by atoms with Crippen LogP contribution in [0.5, 0.6) is 0 Å². The number of nitrogens with one attached hydrogen (secondary N) is 2. The average molecular weight is 190 g/mol. The first-order chi connectivity index (χ1) is 6.56. The van der Waals surface area contributed by atoms with Crippen LogP contribution >= 0.6 is 0 Å². The lowest BCUT2D eigenvalue weighted by Crippen LogP contribution is -2.11. The summed E-state index contributed by atoms with van der Waals surface area (Å²) in [6, 6.07) is 0. The van der Waals surface area contributed by atoms with E-state index in [1.807, 2.05) is 20.2 Å². The minimum atomic E-state index is 0.512. The molecule has 1 aliphatic rings. The van der Waals surface area contributed by atoms with Gasteiger partial charge < -0.3 is 5.32 Å². The normalized spacial score (nSPS) is 19.8. The molecule has 0 radical (unpaired) electrons. The second kappa shape index (κ2) is 4.27. The Hall–Kier alpha value is -1.31. The average Bonchev–Trinajstić information content (AvgIpc) is 2.12. The largest absolute Gasteiger partial charge is 0.393 e. The van der Waals surface area contributed by atoms with E-state index in [1.165, 1.54) is 5.57 Å². The molecule has 0 aromatic rings. The molecule has 0 fully saturated rings. The first kappa shape index (κ1) is 10.8. The topological polar surface area (TPSA) is 35.9 Å². The van der Waals surface area contributed by atoms with E-state index in [0.717, 1.165) is 11.1 Å². The molecule has 0 spiro atoms. The zero-order valence-corrected chi connectivity index (χ0v) is 9.31. The van der Waals surface area contributed by atoms with E-state index in [-0.39, 0.29) is 0 Å². The first-order valence-electron chi connectivity index (χ1n) is 4.93. The maximum atomic E-state index is 7.87. The highest BCUT2D eigenvalue weighted by Crippen LogP contribution is 2.23. The quantitative estimate of drug-likeness (QED) is 0.690. The Morgan fingerprint density at radius 2 is 2.00 bits per heavy atom. The van der Waals surface area contributed by atoms with E-state index in [1.54, 1.807) is 0 Å². The lowest BCUT2D eigenvalue weighted by atomic mass is 9.89. The van der Waals surface area contributed by atoms with Crippen LogP contribution < -0.4 is 5.32 Å². The molecule has 76 valence electrons. The summed E-state index contributed by atoms with van der Waals surface area (Å²) in [6.07, 6.45) is 6.05. The number of rotatable bonds is 2. The Labute approximate surface area is 85.9 Å². The van der Waals surface area contributed by atoms with Crippen LogP contribution in [0.1, 0.15) is 20.8 Å². The molecule has 14 heavy (non-hydrogen) atoms. The lowest BCUT2D eigenvalue weighted by Gasteiger charge is -2.17. The third kappa shape index (κ3) is 2.13. The Balaban J connectivity index is 3.08. The summed E-state index contributed by atoms with van der Waals surface area (Å²) in [7, 11) is 1.86. The van der Waals surface area contributed by atoms with Crippen LogP contribution in [-0.2, 0) is 0 Å². The molecule has 1 rings (SSSR count). The van der Waals surface area contributed by atoms with E-state index < -0.39 is 0 Å². The maximum Gasteiger partial charge on any atom is 0.0656 e. The van der Waals surface area contributed by atoms with Crippen molar-refractivity contribution in [1.29, 1.82) is 5.41 Å². The molecule has 0 saturated carbocycles. The minimum Gasteiger partial charge on any atom is -0.393 e. The van der Waals surface area contributed by atoms with Crippen LogP contribution in [0.25, 0.3) is 0 Å². The molecule has 0 atom stereocenters. The van der Waals surface area contributed by atoms with Crippen molar-refractivity contribution in [3.05, 3.63) is 35.1 Å². The van der Waals surface area contributed by atoms with Gasteiger partial charge in [0.1, 0.15) is 0 Å². The van der Waals surface area contributed by atoms with Crippen molar-refractivity contribution in [2.24, 2.45) is 5.92 Å². The summed E-state index contributed by atoms with van der Waals surface area (Å²) in [5.41, 5.74) is 3.91. The molecule has 0 heterocycles.